The predicted molar refractivity (Wildman–Crippen MR) is 131 cm³/mol. The molecule has 2 heterocycles. The van der Waals surface area contributed by atoms with Crippen molar-refractivity contribution in [1.29, 1.82) is 0 Å². The fraction of sp³-hybridized carbons (Fsp3) is 0. The largest absolute Gasteiger partial charge is 0.455 e. The molecule has 7 rings (SSSR count). The SMILES string of the molecule is c1ccc2c(-n3c(-c4cccc5c4oc4ccccc45)nc4ccccc43)cccc2c1. The number of furan rings is 1. The number of fused-ring (bicyclic) bond motifs is 5. The minimum absolute atomic E-state index is 0.866. The quantitative estimate of drug-likeness (QED) is 0.292. The predicted octanol–water partition coefficient (Wildman–Crippen LogP) is 7.75. The number of aromatic nitrogens is 2. The summed E-state index contributed by atoms with van der Waals surface area (Å²) in [6.45, 7) is 0. The van der Waals surface area contributed by atoms with Crippen LogP contribution < -0.4 is 0 Å². The van der Waals surface area contributed by atoms with Gasteiger partial charge in [-0.3, -0.25) is 4.57 Å². The van der Waals surface area contributed by atoms with Gasteiger partial charge in [0.15, 0.2) is 0 Å². The first-order chi connectivity index (χ1) is 15.9. The Hall–Kier alpha value is -4.37. The van der Waals surface area contributed by atoms with E-state index in [4.69, 9.17) is 9.40 Å². The van der Waals surface area contributed by atoms with Gasteiger partial charge in [-0.1, -0.05) is 78.9 Å². The van der Waals surface area contributed by atoms with Crippen LogP contribution in [0.15, 0.2) is 114 Å². The highest BCUT2D eigenvalue weighted by Crippen LogP contribution is 2.38. The van der Waals surface area contributed by atoms with Crippen molar-refractivity contribution in [2.24, 2.45) is 0 Å². The summed E-state index contributed by atoms with van der Waals surface area (Å²) >= 11 is 0. The van der Waals surface area contributed by atoms with Crippen LogP contribution >= 0.6 is 0 Å². The second-order valence-corrected chi connectivity index (χ2v) is 8.04. The number of benzene rings is 5. The average Bonchev–Trinajstić information content (AvgIpc) is 3.42. The third kappa shape index (κ3) is 2.39. The molecule has 0 fully saturated rings. The monoisotopic (exact) mass is 410 g/mol. The van der Waals surface area contributed by atoms with Crippen LogP contribution in [0.3, 0.4) is 0 Å². The molecule has 0 aliphatic heterocycles. The van der Waals surface area contributed by atoms with E-state index in [-0.39, 0.29) is 0 Å². The molecule has 3 nitrogen and oxygen atoms in total. The number of nitrogens with zero attached hydrogens (tertiary/aromatic N) is 2. The van der Waals surface area contributed by atoms with Gasteiger partial charge in [0, 0.05) is 16.2 Å². The van der Waals surface area contributed by atoms with Gasteiger partial charge in [0.1, 0.15) is 17.0 Å². The van der Waals surface area contributed by atoms with Gasteiger partial charge in [-0.15, -0.1) is 0 Å². The Morgan fingerprint density at radius 2 is 1.31 bits per heavy atom. The smallest absolute Gasteiger partial charge is 0.149 e. The molecule has 7 aromatic rings. The lowest BCUT2D eigenvalue weighted by atomic mass is 10.1. The average molecular weight is 410 g/mol. The molecular weight excluding hydrogens is 392 g/mol. The molecule has 3 heteroatoms. The van der Waals surface area contributed by atoms with E-state index in [2.05, 4.69) is 95.6 Å². The van der Waals surface area contributed by atoms with E-state index in [1.54, 1.807) is 0 Å². The van der Waals surface area contributed by atoms with Crippen LogP contribution in [-0.4, -0.2) is 9.55 Å². The summed E-state index contributed by atoms with van der Waals surface area (Å²) in [6.07, 6.45) is 0. The molecule has 0 N–H and O–H groups in total. The number of para-hydroxylation sites is 4. The highest BCUT2D eigenvalue weighted by Gasteiger charge is 2.20. The Labute approximate surface area is 184 Å². The summed E-state index contributed by atoms with van der Waals surface area (Å²) in [7, 11) is 0. The van der Waals surface area contributed by atoms with E-state index in [1.165, 1.54) is 10.8 Å². The van der Waals surface area contributed by atoms with Gasteiger partial charge in [0.05, 0.1) is 22.3 Å². The highest BCUT2D eigenvalue weighted by molar-refractivity contribution is 6.09. The lowest BCUT2D eigenvalue weighted by Gasteiger charge is -2.13. The van der Waals surface area contributed by atoms with E-state index >= 15 is 0 Å². The van der Waals surface area contributed by atoms with E-state index in [0.717, 1.165) is 50.0 Å². The van der Waals surface area contributed by atoms with Gasteiger partial charge < -0.3 is 4.42 Å². The van der Waals surface area contributed by atoms with Crippen molar-refractivity contribution in [2.75, 3.05) is 0 Å². The molecule has 0 bridgehead atoms. The summed E-state index contributed by atoms with van der Waals surface area (Å²) in [4.78, 5) is 5.09. The van der Waals surface area contributed by atoms with E-state index in [1.807, 2.05) is 18.2 Å². The van der Waals surface area contributed by atoms with Crippen molar-refractivity contribution in [2.45, 2.75) is 0 Å². The highest BCUT2D eigenvalue weighted by atomic mass is 16.3. The Morgan fingerprint density at radius 1 is 0.594 bits per heavy atom. The first-order valence-corrected chi connectivity index (χ1v) is 10.7. The van der Waals surface area contributed by atoms with Crippen molar-refractivity contribution in [1.82, 2.24) is 9.55 Å². The van der Waals surface area contributed by atoms with Gasteiger partial charge >= 0.3 is 0 Å². The van der Waals surface area contributed by atoms with Crippen LogP contribution in [0.4, 0.5) is 0 Å². The maximum absolute atomic E-state index is 6.36. The number of imidazole rings is 1. The molecule has 2 aromatic heterocycles. The normalized spacial score (nSPS) is 11.8. The molecule has 0 saturated heterocycles. The Morgan fingerprint density at radius 3 is 2.28 bits per heavy atom. The van der Waals surface area contributed by atoms with Crippen molar-refractivity contribution >= 4 is 43.7 Å². The van der Waals surface area contributed by atoms with Gasteiger partial charge in [-0.2, -0.15) is 0 Å². The Bertz CT molecular complexity index is 1780. The Balaban J connectivity index is 1.63. The van der Waals surface area contributed by atoms with Crippen LogP contribution in [-0.2, 0) is 0 Å². The number of rotatable bonds is 2. The molecule has 0 unspecified atom stereocenters. The fourth-order valence-corrected chi connectivity index (χ4v) is 4.78. The van der Waals surface area contributed by atoms with Gasteiger partial charge in [0.2, 0.25) is 0 Å². The summed E-state index contributed by atoms with van der Waals surface area (Å²) in [5.74, 6) is 0.882. The molecule has 150 valence electrons. The molecule has 32 heavy (non-hydrogen) atoms. The van der Waals surface area contributed by atoms with Gasteiger partial charge in [-0.05, 0) is 35.7 Å². The number of hydrogen-bond donors (Lipinski definition) is 0. The van der Waals surface area contributed by atoms with E-state index in [0.29, 0.717) is 0 Å². The zero-order valence-electron chi connectivity index (χ0n) is 17.2. The van der Waals surface area contributed by atoms with Crippen molar-refractivity contribution in [3.8, 4) is 17.1 Å². The molecule has 0 aliphatic rings. The summed E-state index contributed by atoms with van der Waals surface area (Å²) in [5, 5.41) is 4.62. The van der Waals surface area contributed by atoms with Crippen molar-refractivity contribution < 1.29 is 4.42 Å². The van der Waals surface area contributed by atoms with Crippen LogP contribution in [0, 0.1) is 0 Å². The zero-order valence-corrected chi connectivity index (χ0v) is 17.2. The second-order valence-electron chi connectivity index (χ2n) is 8.04. The first-order valence-electron chi connectivity index (χ1n) is 10.7. The van der Waals surface area contributed by atoms with Crippen LogP contribution in [0.25, 0.3) is 60.8 Å². The maximum atomic E-state index is 6.36. The van der Waals surface area contributed by atoms with Crippen molar-refractivity contribution in [3.05, 3.63) is 109 Å². The maximum Gasteiger partial charge on any atom is 0.149 e. The molecule has 0 radical (unpaired) electrons. The van der Waals surface area contributed by atoms with Crippen molar-refractivity contribution in [3.63, 3.8) is 0 Å². The lowest BCUT2D eigenvalue weighted by Crippen LogP contribution is -1.99. The molecule has 0 aliphatic carbocycles. The lowest BCUT2D eigenvalue weighted by molar-refractivity contribution is 0.669. The minimum atomic E-state index is 0.866. The third-order valence-corrected chi connectivity index (χ3v) is 6.21. The number of hydrogen-bond acceptors (Lipinski definition) is 2. The molecule has 5 aromatic carbocycles. The zero-order chi connectivity index (χ0) is 21.1. The van der Waals surface area contributed by atoms with Gasteiger partial charge in [0.25, 0.3) is 0 Å². The van der Waals surface area contributed by atoms with Crippen LogP contribution in [0.2, 0.25) is 0 Å². The molecule has 0 saturated carbocycles. The second kappa shape index (κ2) is 6.56. The van der Waals surface area contributed by atoms with Crippen LogP contribution in [0.1, 0.15) is 0 Å². The van der Waals surface area contributed by atoms with Gasteiger partial charge in [-0.25, -0.2) is 4.98 Å². The Kier molecular flexibility index (Phi) is 3.55. The summed E-state index contributed by atoms with van der Waals surface area (Å²) in [5.41, 5.74) is 5.89. The topological polar surface area (TPSA) is 31.0 Å². The minimum Gasteiger partial charge on any atom is -0.455 e. The molecule has 0 atom stereocenters. The molecule has 0 spiro atoms. The van der Waals surface area contributed by atoms with E-state index < -0.39 is 0 Å². The summed E-state index contributed by atoms with van der Waals surface area (Å²) < 4.78 is 8.62. The molecular formula is C29H18N2O. The fourth-order valence-electron chi connectivity index (χ4n) is 4.78. The third-order valence-electron chi connectivity index (χ3n) is 6.21. The standard InChI is InChI=1S/C29H18N2O/c1-2-11-20-19(9-1)10-7-17-25(20)31-26-16-5-4-15-24(26)30-29(31)23-14-8-13-22-21-12-3-6-18-27(21)32-28(22)23/h1-18H. The van der Waals surface area contributed by atoms with Crippen LogP contribution in [0.5, 0.6) is 0 Å². The first kappa shape index (κ1) is 17.3. The summed E-state index contributed by atoms with van der Waals surface area (Å²) in [6, 6.07) is 37.7. The van der Waals surface area contributed by atoms with E-state index in [9.17, 15) is 0 Å². The molecule has 0 amide bonds.